The number of benzene rings is 3. The van der Waals surface area contributed by atoms with Crippen molar-refractivity contribution in [3.8, 4) is 22.3 Å². The number of fused-ring (bicyclic) bond motifs is 3. The van der Waals surface area contributed by atoms with Crippen LogP contribution in [0.25, 0.3) is 38.7 Å². The van der Waals surface area contributed by atoms with E-state index in [4.69, 9.17) is 0 Å². The SMILES string of the molecule is FC(F)(F)c1ccc2c(c1)c(-c1ccccc1)c(-c1ccccc1)c1ccnn12. The van der Waals surface area contributed by atoms with Gasteiger partial charge in [-0.15, -0.1) is 0 Å². The lowest BCUT2D eigenvalue weighted by atomic mass is 9.90. The maximum absolute atomic E-state index is 13.5. The van der Waals surface area contributed by atoms with Gasteiger partial charge in [-0.2, -0.15) is 18.3 Å². The summed E-state index contributed by atoms with van der Waals surface area (Å²) in [5.74, 6) is 0. The van der Waals surface area contributed by atoms with Crippen molar-refractivity contribution in [3.63, 3.8) is 0 Å². The maximum atomic E-state index is 13.5. The van der Waals surface area contributed by atoms with Crippen LogP contribution in [0.15, 0.2) is 91.1 Å². The number of hydrogen-bond acceptors (Lipinski definition) is 1. The summed E-state index contributed by atoms with van der Waals surface area (Å²) in [7, 11) is 0. The van der Waals surface area contributed by atoms with Crippen LogP contribution in [0, 0.1) is 0 Å². The van der Waals surface area contributed by atoms with Gasteiger partial charge in [-0.25, -0.2) is 4.52 Å². The smallest absolute Gasteiger partial charge is 0.232 e. The number of aromatic nitrogens is 2. The quantitative estimate of drug-likeness (QED) is 0.324. The lowest BCUT2D eigenvalue weighted by molar-refractivity contribution is -0.137. The molecule has 0 amide bonds. The van der Waals surface area contributed by atoms with Gasteiger partial charge in [0.2, 0.25) is 0 Å². The number of rotatable bonds is 2. The molecule has 5 heteroatoms. The summed E-state index contributed by atoms with van der Waals surface area (Å²) in [6, 6.07) is 25.0. The third kappa shape index (κ3) is 2.86. The highest BCUT2D eigenvalue weighted by molar-refractivity contribution is 6.08. The number of alkyl halides is 3. The first-order chi connectivity index (χ1) is 14.0. The van der Waals surface area contributed by atoms with Crippen molar-refractivity contribution in [1.82, 2.24) is 9.61 Å². The first-order valence-electron chi connectivity index (χ1n) is 9.15. The van der Waals surface area contributed by atoms with Crippen molar-refractivity contribution >= 4 is 16.4 Å². The molecule has 2 aromatic heterocycles. The molecule has 2 heterocycles. The average molecular weight is 388 g/mol. The van der Waals surface area contributed by atoms with E-state index < -0.39 is 11.7 Å². The molecular formula is C24H15F3N2. The summed E-state index contributed by atoms with van der Waals surface area (Å²) in [4.78, 5) is 0. The lowest BCUT2D eigenvalue weighted by Crippen LogP contribution is -2.06. The van der Waals surface area contributed by atoms with Gasteiger partial charge in [0.05, 0.1) is 22.8 Å². The fraction of sp³-hybridized carbons (Fsp3) is 0.0417. The van der Waals surface area contributed by atoms with Crippen LogP contribution in [0.1, 0.15) is 5.56 Å². The Balaban J connectivity index is 2.01. The predicted molar refractivity (Wildman–Crippen MR) is 109 cm³/mol. The fourth-order valence-corrected chi connectivity index (χ4v) is 3.85. The van der Waals surface area contributed by atoms with E-state index >= 15 is 0 Å². The Morgan fingerprint density at radius 1 is 0.655 bits per heavy atom. The molecule has 0 atom stereocenters. The molecule has 0 radical (unpaired) electrons. The third-order valence-corrected chi connectivity index (χ3v) is 5.10. The Morgan fingerprint density at radius 3 is 1.90 bits per heavy atom. The molecule has 29 heavy (non-hydrogen) atoms. The number of halogens is 3. The third-order valence-electron chi connectivity index (χ3n) is 5.10. The van der Waals surface area contributed by atoms with Gasteiger partial charge in [-0.05, 0) is 35.4 Å². The Kier molecular flexibility index (Phi) is 3.91. The van der Waals surface area contributed by atoms with E-state index in [1.54, 1.807) is 10.7 Å². The molecule has 0 saturated heterocycles. The molecule has 0 fully saturated rings. The van der Waals surface area contributed by atoms with Gasteiger partial charge in [0, 0.05) is 16.5 Å². The van der Waals surface area contributed by atoms with E-state index in [2.05, 4.69) is 5.10 Å². The summed E-state index contributed by atoms with van der Waals surface area (Å²) in [6.07, 6.45) is -2.75. The maximum Gasteiger partial charge on any atom is 0.416 e. The van der Waals surface area contributed by atoms with Crippen LogP contribution in [0.3, 0.4) is 0 Å². The Labute approximate surface area is 164 Å². The van der Waals surface area contributed by atoms with Crippen LogP contribution in [-0.2, 0) is 6.18 Å². The van der Waals surface area contributed by atoms with Gasteiger partial charge in [0.1, 0.15) is 0 Å². The second kappa shape index (κ2) is 6.48. The zero-order chi connectivity index (χ0) is 20.0. The van der Waals surface area contributed by atoms with E-state index in [1.807, 2.05) is 66.7 Å². The highest BCUT2D eigenvalue weighted by Gasteiger charge is 2.31. The molecule has 0 aliphatic carbocycles. The molecule has 0 aliphatic heterocycles. The van der Waals surface area contributed by atoms with Crippen molar-refractivity contribution in [2.75, 3.05) is 0 Å². The molecule has 3 aromatic carbocycles. The number of pyridine rings is 1. The van der Waals surface area contributed by atoms with Crippen LogP contribution in [-0.4, -0.2) is 9.61 Å². The van der Waals surface area contributed by atoms with Gasteiger partial charge < -0.3 is 0 Å². The second-order valence-electron chi connectivity index (χ2n) is 6.84. The van der Waals surface area contributed by atoms with Gasteiger partial charge in [-0.1, -0.05) is 60.7 Å². The normalized spacial score (nSPS) is 12.0. The molecule has 5 rings (SSSR count). The van der Waals surface area contributed by atoms with Crippen molar-refractivity contribution in [2.45, 2.75) is 6.18 Å². The highest BCUT2D eigenvalue weighted by Crippen LogP contribution is 2.42. The molecule has 0 bridgehead atoms. The lowest BCUT2D eigenvalue weighted by Gasteiger charge is -2.18. The van der Waals surface area contributed by atoms with Gasteiger partial charge in [0.25, 0.3) is 0 Å². The summed E-state index contributed by atoms with van der Waals surface area (Å²) in [6.45, 7) is 0. The van der Waals surface area contributed by atoms with Gasteiger partial charge in [-0.3, -0.25) is 0 Å². The van der Waals surface area contributed by atoms with E-state index in [0.717, 1.165) is 33.8 Å². The van der Waals surface area contributed by atoms with Crippen molar-refractivity contribution in [2.24, 2.45) is 0 Å². The average Bonchev–Trinajstić information content (AvgIpc) is 3.23. The van der Waals surface area contributed by atoms with Crippen LogP contribution in [0.4, 0.5) is 13.2 Å². The first-order valence-corrected chi connectivity index (χ1v) is 9.15. The number of hydrogen-bond donors (Lipinski definition) is 0. The zero-order valence-electron chi connectivity index (χ0n) is 15.2. The van der Waals surface area contributed by atoms with Crippen LogP contribution >= 0.6 is 0 Å². The molecule has 0 saturated carbocycles. The van der Waals surface area contributed by atoms with E-state index in [0.29, 0.717) is 10.9 Å². The summed E-state index contributed by atoms with van der Waals surface area (Å²) < 4.78 is 42.2. The Hall–Kier alpha value is -3.60. The van der Waals surface area contributed by atoms with E-state index in [1.165, 1.54) is 12.1 Å². The largest absolute Gasteiger partial charge is 0.416 e. The summed E-state index contributed by atoms with van der Waals surface area (Å²) in [5, 5.41) is 4.91. The fourth-order valence-electron chi connectivity index (χ4n) is 3.85. The molecular weight excluding hydrogens is 373 g/mol. The van der Waals surface area contributed by atoms with Crippen molar-refractivity contribution < 1.29 is 13.2 Å². The minimum atomic E-state index is -4.42. The molecule has 0 aliphatic rings. The van der Waals surface area contributed by atoms with Crippen LogP contribution in [0.2, 0.25) is 0 Å². The van der Waals surface area contributed by atoms with Gasteiger partial charge >= 0.3 is 6.18 Å². The molecule has 0 N–H and O–H groups in total. The standard InChI is InChI=1S/C24H15F3N2/c25-24(26,27)18-11-12-20-19(15-18)22(16-7-3-1-4-8-16)23(17-9-5-2-6-10-17)21-13-14-28-29(20)21/h1-15H. The molecule has 2 nitrogen and oxygen atoms in total. The Bertz CT molecular complexity index is 1320. The van der Waals surface area contributed by atoms with Crippen LogP contribution < -0.4 is 0 Å². The first kappa shape index (κ1) is 17.5. The van der Waals surface area contributed by atoms with Crippen molar-refractivity contribution in [1.29, 1.82) is 0 Å². The molecule has 0 spiro atoms. The summed E-state index contributed by atoms with van der Waals surface area (Å²) in [5.41, 5.74) is 4.23. The Morgan fingerprint density at radius 2 is 1.28 bits per heavy atom. The second-order valence-corrected chi connectivity index (χ2v) is 6.84. The molecule has 5 aromatic rings. The van der Waals surface area contributed by atoms with E-state index in [-0.39, 0.29) is 0 Å². The van der Waals surface area contributed by atoms with E-state index in [9.17, 15) is 13.2 Å². The topological polar surface area (TPSA) is 17.3 Å². The van der Waals surface area contributed by atoms with Crippen LogP contribution in [0.5, 0.6) is 0 Å². The minimum absolute atomic E-state index is 0.515. The monoisotopic (exact) mass is 388 g/mol. The highest BCUT2D eigenvalue weighted by atomic mass is 19.4. The summed E-state index contributed by atoms with van der Waals surface area (Å²) >= 11 is 0. The number of nitrogens with zero attached hydrogens (tertiary/aromatic N) is 2. The van der Waals surface area contributed by atoms with Gasteiger partial charge in [0.15, 0.2) is 0 Å². The predicted octanol–water partition coefficient (Wildman–Crippen LogP) is 6.84. The zero-order valence-corrected chi connectivity index (χ0v) is 15.2. The minimum Gasteiger partial charge on any atom is -0.232 e. The van der Waals surface area contributed by atoms with Crippen molar-refractivity contribution in [3.05, 3.63) is 96.7 Å². The molecule has 0 unspecified atom stereocenters. The molecule has 142 valence electrons.